The van der Waals surface area contributed by atoms with E-state index in [0.717, 1.165) is 39.2 Å². The molecule has 26 heavy (non-hydrogen) atoms. The lowest BCUT2D eigenvalue weighted by molar-refractivity contribution is 1.32. The van der Waals surface area contributed by atoms with Crippen LogP contribution in [-0.2, 0) is 0 Å². The van der Waals surface area contributed by atoms with Gasteiger partial charge in [-0.2, -0.15) is 0 Å². The Kier molecular flexibility index (Phi) is 4.33. The van der Waals surface area contributed by atoms with Gasteiger partial charge in [-0.3, -0.25) is 0 Å². The van der Waals surface area contributed by atoms with E-state index in [1.54, 1.807) is 0 Å². The molecular formula is C25H17N. The summed E-state index contributed by atoms with van der Waals surface area (Å²) in [5, 5.41) is 0. The molecule has 0 aliphatic heterocycles. The van der Waals surface area contributed by atoms with Crippen LogP contribution in [0.3, 0.4) is 0 Å². The number of nitrogens with zero attached hydrogens (tertiary/aromatic N) is 1. The molecule has 1 nitrogen and oxygen atoms in total. The molecule has 0 bridgehead atoms. The predicted molar refractivity (Wildman–Crippen MR) is 108 cm³/mol. The predicted octanol–water partition coefficient (Wildman–Crippen LogP) is 6.06. The molecule has 0 unspecified atom stereocenters. The van der Waals surface area contributed by atoms with Crippen molar-refractivity contribution in [1.29, 1.82) is 0 Å². The Balaban J connectivity index is 1.89. The molecule has 1 heterocycles. The summed E-state index contributed by atoms with van der Waals surface area (Å²) in [5.74, 6) is 2.67. The Morgan fingerprint density at radius 1 is 0.538 bits per heavy atom. The van der Waals surface area contributed by atoms with Crippen molar-refractivity contribution in [2.24, 2.45) is 0 Å². The molecule has 0 saturated carbocycles. The quantitative estimate of drug-likeness (QED) is 0.416. The monoisotopic (exact) mass is 331 g/mol. The minimum absolute atomic E-state index is 0.884. The normalized spacial score (nSPS) is 10.3. The molecule has 0 aliphatic carbocycles. The molecule has 3 aromatic carbocycles. The van der Waals surface area contributed by atoms with Gasteiger partial charge in [-0.25, -0.2) is 4.98 Å². The summed E-state index contributed by atoms with van der Waals surface area (Å²) in [6.07, 6.45) is 5.48. The summed E-state index contributed by atoms with van der Waals surface area (Å²) in [6, 6.07) is 32.9. The zero-order valence-electron chi connectivity index (χ0n) is 14.3. The third kappa shape index (κ3) is 3.27. The molecule has 0 saturated heterocycles. The topological polar surface area (TPSA) is 12.9 Å². The minimum atomic E-state index is 0.884. The maximum atomic E-state index is 5.48. The number of terminal acetylenes is 1. The zero-order chi connectivity index (χ0) is 17.8. The van der Waals surface area contributed by atoms with E-state index in [1.165, 1.54) is 0 Å². The van der Waals surface area contributed by atoms with Crippen LogP contribution in [0.2, 0.25) is 0 Å². The number of pyridine rings is 1. The lowest BCUT2D eigenvalue weighted by atomic mass is 9.99. The first kappa shape index (κ1) is 15.9. The van der Waals surface area contributed by atoms with Gasteiger partial charge in [-0.15, -0.1) is 6.42 Å². The van der Waals surface area contributed by atoms with E-state index < -0.39 is 0 Å². The van der Waals surface area contributed by atoms with Gasteiger partial charge in [0.2, 0.25) is 0 Å². The van der Waals surface area contributed by atoms with Crippen molar-refractivity contribution in [3.63, 3.8) is 0 Å². The van der Waals surface area contributed by atoms with Crippen LogP contribution in [0.1, 0.15) is 5.56 Å². The smallest absolute Gasteiger partial charge is 0.0715 e. The molecule has 0 aliphatic rings. The highest BCUT2D eigenvalue weighted by atomic mass is 14.7. The van der Waals surface area contributed by atoms with Gasteiger partial charge in [0.1, 0.15) is 0 Å². The largest absolute Gasteiger partial charge is 0.248 e. The lowest BCUT2D eigenvalue weighted by Crippen LogP contribution is -1.91. The first-order chi connectivity index (χ1) is 12.8. The fraction of sp³-hybridized carbons (Fsp3) is 0. The molecule has 0 fully saturated rings. The highest BCUT2D eigenvalue weighted by molar-refractivity contribution is 5.76. The Bertz CT molecular complexity index is 999. The Labute approximate surface area is 154 Å². The average molecular weight is 331 g/mol. The van der Waals surface area contributed by atoms with Crippen LogP contribution in [0.5, 0.6) is 0 Å². The molecule has 1 heteroatoms. The van der Waals surface area contributed by atoms with E-state index >= 15 is 0 Å². The summed E-state index contributed by atoms with van der Waals surface area (Å²) in [6.45, 7) is 0. The molecule has 4 aromatic rings. The van der Waals surface area contributed by atoms with Crippen LogP contribution < -0.4 is 0 Å². The number of benzene rings is 3. The molecule has 4 rings (SSSR count). The van der Waals surface area contributed by atoms with Crippen molar-refractivity contribution in [3.05, 3.63) is 103 Å². The van der Waals surface area contributed by atoms with E-state index in [9.17, 15) is 0 Å². The molecule has 0 N–H and O–H groups in total. The third-order valence-electron chi connectivity index (χ3n) is 4.35. The average Bonchev–Trinajstić information content (AvgIpc) is 2.75. The molecule has 0 spiro atoms. The van der Waals surface area contributed by atoms with Crippen molar-refractivity contribution in [2.45, 2.75) is 0 Å². The fourth-order valence-electron chi connectivity index (χ4n) is 2.97. The molecular weight excluding hydrogens is 314 g/mol. The van der Waals surface area contributed by atoms with Gasteiger partial charge < -0.3 is 0 Å². The maximum Gasteiger partial charge on any atom is 0.0715 e. The van der Waals surface area contributed by atoms with Gasteiger partial charge in [0.25, 0.3) is 0 Å². The van der Waals surface area contributed by atoms with Gasteiger partial charge in [-0.05, 0) is 35.4 Å². The standard InChI is InChI=1S/C25H17N/c1-2-19-13-15-20(16-14-19)23-17-24(21-9-5-3-6-10-21)26-25(18-23)22-11-7-4-8-12-22/h1,3-18H. The van der Waals surface area contributed by atoms with Gasteiger partial charge in [0.15, 0.2) is 0 Å². The Morgan fingerprint density at radius 3 is 1.50 bits per heavy atom. The maximum absolute atomic E-state index is 5.48. The Morgan fingerprint density at radius 2 is 1.04 bits per heavy atom. The summed E-state index contributed by atoms with van der Waals surface area (Å²) >= 11 is 0. The van der Waals surface area contributed by atoms with Crippen molar-refractivity contribution >= 4 is 0 Å². The molecule has 1 aromatic heterocycles. The van der Waals surface area contributed by atoms with Crippen LogP contribution in [0.15, 0.2) is 97.1 Å². The van der Waals surface area contributed by atoms with Crippen molar-refractivity contribution in [3.8, 4) is 46.0 Å². The van der Waals surface area contributed by atoms with Crippen LogP contribution >= 0.6 is 0 Å². The Hall–Kier alpha value is -3.63. The summed E-state index contributed by atoms with van der Waals surface area (Å²) in [5.41, 5.74) is 7.26. The number of rotatable bonds is 3. The van der Waals surface area contributed by atoms with E-state index in [2.05, 4.69) is 54.5 Å². The lowest BCUT2D eigenvalue weighted by Gasteiger charge is -2.10. The fourth-order valence-corrected chi connectivity index (χ4v) is 2.97. The number of hydrogen-bond acceptors (Lipinski definition) is 1. The van der Waals surface area contributed by atoms with Crippen molar-refractivity contribution in [1.82, 2.24) is 4.98 Å². The van der Waals surface area contributed by atoms with E-state index in [4.69, 9.17) is 11.4 Å². The van der Waals surface area contributed by atoms with E-state index in [-0.39, 0.29) is 0 Å². The van der Waals surface area contributed by atoms with Crippen molar-refractivity contribution < 1.29 is 0 Å². The van der Waals surface area contributed by atoms with E-state index in [0.29, 0.717) is 0 Å². The molecule has 0 atom stereocenters. The molecule has 0 amide bonds. The van der Waals surface area contributed by atoms with Crippen LogP contribution in [0.4, 0.5) is 0 Å². The van der Waals surface area contributed by atoms with Gasteiger partial charge in [0, 0.05) is 16.7 Å². The summed E-state index contributed by atoms with van der Waals surface area (Å²) in [4.78, 5) is 4.90. The van der Waals surface area contributed by atoms with E-state index in [1.807, 2.05) is 48.5 Å². The second-order valence-electron chi connectivity index (χ2n) is 6.08. The van der Waals surface area contributed by atoms with Crippen LogP contribution in [0, 0.1) is 12.3 Å². The van der Waals surface area contributed by atoms with Gasteiger partial charge in [-0.1, -0.05) is 78.7 Å². The summed E-state index contributed by atoms with van der Waals surface area (Å²) < 4.78 is 0. The second-order valence-corrected chi connectivity index (χ2v) is 6.08. The van der Waals surface area contributed by atoms with Crippen LogP contribution in [0.25, 0.3) is 33.6 Å². The van der Waals surface area contributed by atoms with Crippen LogP contribution in [-0.4, -0.2) is 4.98 Å². The van der Waals surface area contributed by atoms with Gasteiger partial charge >= 0.3 is 0 Å². The first-order valence-corrected chi connectivity index (χ1v) is 8.53. The number of aromatic nitrogens is 1. The highest BCUT2D eigenvalue weighted by Crippen LogP contribution is 2.30. The first-order valence-electron chi connectivity index (χ1n) is 8.53. The molecule has 0 radical (unpaired) electrons. The zero-order valence-corrected chi connectivity index (χ0v) is 14.3. The second kappa shape index (κ2) is 7.09. The number of hydrogen-bond donors (Lipinski definition) is 0. The minimum Gasteiger partial charge on any atom is -0.248 e. The van der Waals surface area contributed by atoms with Crippen molar-refractivity contribution in [2.75, 3.05) is 0 Å². The molecule has 122 valence electrons. The third-order valence-corrected chi connectivity index (χ3v) is 4.35. The summed E-state index contributed by atoms with van der Waals surface area (Å²) in [7, 11) is 0. The SMILES string of the molecule is C#Cc1ccc(-c2cc(-c3ccccc3)nc(-c3ccccc3)c2)cc1. The van der Waals surface area contributed by atoms with Gasteiger partial charge in [0.05, 0.1) is 11.4 Å². The highest BCUT2D eigenvalue weighted by Gasteiger charge is 2.08.